The maximum atomic E-state index is 11.7. The van der Waals surface area contributed by atoms with Crippen molar-refractivity contribution in [2.45, 2.75) is 32.4 Å². The van der Waals surface area contributed by atoms with E-state index in [4.69, 9.17) is 16.3 Å². The molecule has 120 valence electrons. The summed E-state index contributed by atoms with van der Waals surface area (Å²) in [6.07, 6.45) is 0.470. The van der Waals surface area contributed by atoms with Gasteiger partial charge in [0.05, 0.1) is 11.7 Å². The molecule has 0 saturated carbocycles. The molecule has 0 radical (unpaired) electrons. The fourth-order valence-electron chi connectivity index (χ4n) is 2.62. The Morgan fingerprint density at radius 1 is 1.26 bits per heavy atom. The molecule has 0 spiro atoms. The van der Waals surface area contributed by atoms with Crippen molar-refractivity contribution in [3.8, 4) is 5.75 Å². The number of amides is 1. The van der Waals surface area contributed by atoms with E-state index in [9.17, 15) is 4.79 Å². The Morgan fingerprint density at radius 3 is 2.70 bits per heavy atom. The monoisotopic (exact) mass is 330 g/mol. The van der Waals surface area contributed by atoms with E-state index in [-0.39, 0.29) is 11.9 Å². The number of hydrogen-bond acceptors (Lipinski definition) is 3. The molecule has 23 heavy (non-hydrogen) atoms. The number of fused-ring (bicyclic) bond motifs is 1. The van der Waals surface area contributed by atoms with Crippen molar-refractivity contribution in [1.82, 2.24) is 0 Å². The Balaban J connectivity index is 1.80. The second-order valence-corrected chi connectivity index (χ2v) is 6.05. The number of nitrogens with one attached hydrogen (secondary N) is 2. The Bertz CT molecular complexity index is 715. The fraction of sp³-hybridized carbons (Fsp3) is 0.278. The van der Waals surface area contributed by atoms with Crippen molar-refractivity contribution in [2.75, 3.05) is 10.6 Å². The van der Waals surface area contributed by atoms with Crippen LogP contribution in [0.5, 0.6) is 5.75 Å². The van der Waals surface area contributed by atoms with Gasteiger partial charge in [-0.25, -0.2) is 0 Å². The Kier molecular flexibility index (Phi) is 4.44. The summed E-state index contributed by atoms with van der Waals surface area (Å²) in [4.78, 5) is 11.7. The van der Waals surface area contributed by atoms with Crippen molar-refractivity contribution in [3.05, 3.63) is 53.1 Å². The topological polar surface area (TPSA) is 50.4 Å². The van der Waals surface area contributed by atoms with E-state index in [0.717, 1.165) is 17.1 Å². The Hall–Kier alpha value is -2.20. The number of rotatable bonds is 4. The van der Waals surface area contributed by atoms with Gasteiger partial charge in [-0.3, -0.25) is 4.79 Å². The predicted octanol–water partition coefficient (Wildman–Crippen LogP) is 4.62. The van der Waals surface area contributed by atoms with Crippen LogP contribution in [0.15, 0.2) is 42.5 Å². The molecule has 1 aliphatic heterocycles. The minimum Gasteiger partial charge on any atom is -0.479 e. The zero-order valence-electron chi connectivity index (χ0n) is 13.1. The molecule has 5 heteroatoms. The van der Waals surface area contributed by atoms with Crippen LogP contribution in [-0.4, -0.2) is 12.0 Å². The van der Waals surface area contributed by atoms with E-state index in [1.807, 2.05) is 42.5 Å². The summed E-state index contributed by atoms with van der Waals surface area (Å²) in [5, 5.41) is 7.09. The maximum Gasteiger partial charge on any atom is 0.265 e. The van der Waals surface area contributed by atoms with Crippen molar-refractivity contribution < 1.29 is 9.53 Å². The molecule has 0 aliphatic carbocycles. The zero-order valence-corrected chi connectivity index (χ0v) is 13.9. The maximum absolute atomic E-state index is 11.7. The second-order valence-electron chi connectivity index (χ2n) is 5.62. The lowest BCUT2D eigenvalue weighted by molar-refractivity contribution is -0.122. The number of anilines is 2. The zero-order chi connectivity index (χ0) is 16.4. The summed E-state index contributed by atoms with van der Waals surface area (Å²) in [5.74, 6) is 0.571. The van der Waals surface area contributed by atoms with Crippen LogP contribution in [-0.2, 0) is 4.79 Å². The molecule has 2 N–H and O–H groups in total. The Morgan fingerprint density at radius 2 is 2.00 bits per heavy atom. The number of carbonyl (C=O) groups excluding carboxylic acids is 1. The first-order chi connectivity index (χ1) is 11.1. The molecular weight excluding hydrogens is 312 g/mol. The summed E-state index contributed by atoms with van der Waals surface area (Å²) in [6.45, 7) is 3.86. The van der Waals surface area contributed by atoms with E-state index in [2.05, 4.69) is 17.6 Å². The highest BCUT2D eigenvalue weighted by Crippen LogP contribution is 2.33. The molecular formula is C18H19ClN2O2. The summed E-state index contributed by atoms with van der Waals surface area (Å²) in [5.41, 5.74) is 2.80. The highest BCUT2D eigenvalue weighted by molar-refractivity contribution is 6.30. The summed E-state index contributed by atoms with van der Waals surface area (Å²) >= 11 is 5.95. The molecule has 4 nitrogen and oxygen atoms in total. The average Bonchev–Trinajstić information content (AvgIpc) is 2.55. The highest BCUT2D eigenvalue weighted by atomic mass is 35.5. The normalized spacial score (nSPS) is 17.7. The standard InChI is InChI=1S/C18H19ClN2O2/c1-3-15(12-4-6-13(19)7-5-12)20-14-8-9-17-16(10-14)21-18(22)11(2)23-17/h4-11,15,20H,3H2,1-2H3,(H,21,22)/t11-,15+/m1/s1. The molecule has 1 heterocycles. The third kappa shape index (κ3) is 3.42. The first-order valence-corrected chi connectivity index (χ1v) is 8.08. The van der Waals surface area contributed by atoms with Gasteiger partial charge in [-0.15, -0.1) is 0 Å². The van der Waals surface area contributed by atoms with Crippen molar-refractivity contribution in [2.24, 2.45) is 0 Å². The average molecular weight is 331 g/mol. The van der Waals surface area contributed by atoms with Crippen LogP contribution >= 0.6 is 11.6 Å². The lowest BCUT2D eigenvalue weighted by Gasteiger charge is -2.25. The minimum absolute atomic E-state index is 0.126. The summed E-state index contributed by atoms with van der Waals surface area (Å²) < 4.78 is 5.57. The van der Waals surface area contributed by atoms with Crippen LogP contribution in [0.4, 0.5) is 11.4 Å². The number of halogens is 1. The molecule has 0 fully saturated rings. The van der Waals surface area contributed by atoms with Gasteiger partial charge in [-0.05, 0) is 49.2 Å². The number of benzene rings is 2. The number of ether oxygens (including phenoxy) is 1. The van der Waals surface area contributed by atoms with Gasteiger partial charge in [0.2, 0.25) is 0 Å². The molecule has 1 aliphatic rings. The summed E-state index contributed by atoms with van der Waals surface area (Å²) in [6, 6.07) is 13.7. The first kappa shape index (κ1) is 15.7. The van der Waals surface area contributed by atoms with Crippen molar-refractivity contribution in [1.29, 1.82) is 0 Å². The molecule has 2 atom stereocenters. The van der Waals surface area contributed by atoms with Gasteiger partial charge in [0.15, 0.2) is 6.10 Å². The summed E-state index contributed by atoms with van der Waals surface area (Å²) in [7, 11) is 0. The second kappa shape index (κ2) is 6.50. The highest BCUT2D eigenvalue weighted by Gasteiger charge is 2.23. The van der Waals surface area contributed by atoms with E-state index >= 15 is 0 Å². The molecule has 2 aromatic carbocycles. The van der Waals surface area contributed by atoms with Crippen LogP contribution < -0.4 is 15.4 Å². The molecule has 0 aromatic heterocycles. The smallest absolute Gasteiger partial charge is 0.265 e. The molecule has 2 aromatic rings. The van der Waals surface area contributed by atoms with Crippen LogP contribution in [0, 0.1) is 0 Å². The van der Waals surface area contributed by atoms with Crippen LogP contribution in [0.25, 0.3) is 0 Å². The molecule has 1 amide bonds. The lowest BCUT2D eigenvalue weighted by Crippen LogP contribution is -2.34. The molecule has 0 bridgehead atoms. The van der Waals surface area contributed by atoms with Gasteiger partial charge in [0, 0.05) is 10.7 Å². The van der Waals surface area contributed by atoms with E-state index < -0.39 is 6.10 Å². The fourth-order valence-corrected chi connectivity index (χ4v) is 2.74. The van der Waals surface area contributed by atoms with E-state index in [1.165, 1.54) is 5.56 Å². The first-order valence-electron chi connectivity index (χ1n) is 7.70. The van der Waals surface area contributed by atoms with Gasteiger partial charge in [-0.2, -0.15) is 0 Å². The van der Waals surface area contributed by atoms with Gasteiger partial charge in [-0.1, -0.05) is 30.7 Å². The van der Waals surface area contributed by atoms with Gasteiger partial charge in [0.1, 0.15) is 5.75 Å². The minimum atomic E-state index is -0.459. The van der Waals surface area contributed by atoms with Crippen LogP contribution in [0.3, 0.4) is 0 Å². The van der Waals surface area contributed by atoms with Gasteiger partial charge >= 0.3 is 0 Å². The predicted molar refractivity (Wildman–Crippen MR) is 93.3 cm³/mol. The van der Waals surface area contributed by atoms with E-state index in [1.54, 1.807) is 6.92 Å². The largest absolute Gasteiger partial charge is 0.479 e. The van der Waals surface area contributed by atoms with Crippen molar-refractivity contribution in [3.63, 3.8) is 0 Å². The SMILES string of the molecule is CC[C@H](Nc1ccc2c(c1)NC(=O)[C@@H](C)O2)c1ccc(Cl)cc1. The molecule has 0 unspecified atom stereocenters. The van der Waals surface area contributed by atoms with Crippen LogP contribution in [0.1, 0.15) is 31.9 Å². The Labute approximate surface area is 140 Å². The third-order valence-corrected chi connectivity index (χ3v) is 4.18. The number of carbonyl (C=O) groups is 1. The third-order valence-electron chi connectivity index (χ3n) is 3.93. The van der Waals surface area contributed by atoms with Gasteiger partial charge < -0.3 is 15.4 Å². The molecule has 3 rings (SSSR count). The molecule has 0 saturated heterocycles. The lowest BCUT2D eigenvalue weighted by atomic mass is 10.0. The quantitative estimate of drug-likeness (QED) is 0.859. The van der Waals surface area contributed by atoms with Crippen molar-refractivity contribution >= 4 is 28.9 Å². The van der Waals surface area contributed by atoms with Gasteiger partial charge in [0.25, 0.3) is 5.91 Å². The van der Waals surface area contributed by atoms with E-state index in [0.29, 0.717) is 11.4 Å². The number of hydrogen-bond donors (Lipinski definition) is 2. The van der Waals surface area contributed by atoms with Crippen LogP contribution in [0.2, 0.25) is 5.02 Å².